The molecule has 2 atom stereocenters. The van der Waals surface area contributed by atoms with Crippen molar-refractivity contribution in [3.63, 3.8) is 0 Å². The Morgan fingerprint density at radius 3 is 2.70 bits per heavy atom. The Morgan fingerprint density at radius 1 is 1.45 bits per heavy atom. The van der Waals surface area contributed by atoms with Crippen LogP contribution in [-0.4, -0.2) is 34.9 Å². The van der Waals surface area contributed by atoms with E-state index < -0.39 is 11.7 Å². The minimum Gasteiger partial charge on any atom is -0.465 e. The second-order valence-electron chi connectivity index (χ2n) is 5.66. The van der Waals surface area contributed by atoms with Gasteiger partial charge < -0.3 is 9.84 Å². The van der Waals surface area contributed by atoms with Crippen molar-refractivity contribution in [1.82, 2.24) is 4.90 Å². The van der Waals surface area contributed by atoms with E-state index in [1.165, 1.54) is 17.0 Å². The van der Waals surface area contributed by atoms with Gasteiger partial charge in [0, 0.05) is 7.11 Å². The molecule has 1 amide bonds. The van der Waals surface area contributed by atoms with Crippen LogP contribution in [-0.2, 0) is 4.74 Å². The third-order valence-corrected chi connectivity index (χ3v) is 4.17. The lowest BCUT2D eigenvalue weighted by Gasteiger charge is -2.37. The normalized spacial score (nSPS) is 23.1. The third kappa shape index (κ3) is 2.63. The van der Waals surface area contributed by atoms with Gasteiger partial charge in [0.1, 0.15) is 5.82 Å². The van der Waals surface area contributed by atoms with Crippen LogP contribution in [0.2, 0.25) is 0 Å². The molecule has 0 unspecified atom stereocenters. The molecule has 0 aliphatic carbocycles. The Morgan fingerprint density at radius 2 is 2.15 bits per heavy atom. The summed E-state index contributed by atoms with van der Waals surface area (Å²) in [7, 11) is 1.58. The molecule has 20 heavy (non-hydrogen) atoms. The lowest BCUT2D eigenvalue weighted by molar-refractivity contribution is -0.0410. The minimum atomic E-state index is -0.994. The van der Waals surface area contributed by atoms with Gasteiger partial charge in [0.05, 0.1) is 17.7 Å². The predicted octanol–water partition coefficient (Wildman–Crippen LogP) is 3.43. The maximum Gasteiger partial charge on any atom is 0.408 e. The highest BCUT2D eigenvalue weighted by Gasteiger charge is 2.45. The van der Waals surface area contributed by atoms with Crippen LogP contribution < -0.4 is 0 Å². The molecule has 1 N–H and O–H groups in total. The number of carbonyl (C=O) groups is 1. The molecule has 1 aliphatic heterocycles. The predicted molar refractivity (Wildman–Crippen MR) is 73.1 cm³/mol. The topological polar surface area (TPSA) is 49.8 Å². The number of likely N-dealkylation sites (tertiary alicyclic amines) is 1. The Kier molecular flexibility index (Phi) is 3.99. The standard InChI is InChI=1S/C15H20FNO3/c1-15(2,20-3)13-8-7-12(17(13)14(18)19)10-5-4-6-11(16)9-10/h4-6,9,12-13H,7-8H2,1-3H3,(H,18,19)/t12-,13+/m0/s1. The molecule has 1 heterocycles. The molecule has 1 saturated heterocycles. The van der Waals surface area contributed by atoms with Gasteiger partial charge in [-0.25, -0.2) is 9.18 Å². The SMILES string of the molecule is COC(C)(C)[C@H]1CC[C@@H](c2cccc(F)c2)N1C(=O)O. The minimum absolute atomic E-state index is 0.238. The fraction of sp³-hybridized carbons (Fsp3) is 0.533. The summed E-state index contributed by atoms with van der Waals surface area (Å²) < 4.78 is 18.8. The molecule has 5 heteroatoms. The van der Waals surface area contributed by atoms with E-state index in [1.807, 2.05) is 13.8 Å². The van der Waals surface area contributed by atoms with Crippen LogP contribution in [0.5, 0.6) is 0 Å². The highest BCUT2D eigenvalue weighted by atomic mass is 19.1. The fourth-order valence-electron chi connectivity index (χ4n) is 2.94. The van der Waals surface area contributed by atoms with E-state index in [-0.39, 0.29) is 17.9 Å². The zero-order valence-electron chi connectivity index (χ0n) is 12.0. The zero-order chi connectivity index (χ0) is 14.9. The quantitative estimate of drug-likeness (QED) is 0.923. The Balaban J connectivity index is 2.34. The van der Waals surface area contributed by atoms with Gasteiger partial charge in [0.25, 0.3) is 0 Å². The first-order valence-corrected chi connectivity index (χ1v) is 6.68. The van der Waals surface area contributed by atoms with Gasteiger partial charge in [0.2, 0.25) is 0 Å². The summed E-state index contributed by atoms with van der Waals surface area (Å²) in [6.07, 6.45) is 0.383. The first-order chi connectivity index (χ1) is 9.36. The lowest BCUT2D eigenvalue weighted by atomic mass is 9.96. The first-order valence-electron chi connectivity index (χ1n) is 6.68. The average Bonchev–Trinajstić information content (AvgIpc) is 2.84. The molecule has 0 aromatic heterocycles. The molecule has 0 radical (unpaired) electrons. The largest absolute Gasteiger partial charge is 0.465 e. The fourth-order valence-corrected chi connectivity index (χ4v) is 2.94. The van der Waals surface area contributed by atoms with Crippen LogP contribution in [0.15, 0.2) is 24.3 Å². The van der Waals surface area contributed by atoms with E-state index in [0.717, 1.165) is 0 Å². The van der Waals surface area contributed by atoms with Crippen LogP contribution in [0, 0.1) is 5.82 Å². The summed E-state index contributed by atoms with van der Waals surface area (Å²) in [5.74, 6) is -0.345. The van der Waals surface area contributed by atoms with E-state index >= 15 is 0 Å². The van der Waals surface area contributed by atoms with Gasteiger partial charge in [-0.2, -0.15) is 0 Å². The maximum absolute atomic E-state index is 13.4. The molecular formula is C15H20FNO3. The number of methoxy groups -OCH3 is 1. The molecule has 110 valence electrons. The number of ether oxygens (including phenoxy) is 1. The second-order valence-corrected chi connectivity index (χ2v) is 5.66. The van der Waals surface area contributed by atoms with Crippen LogP contribution in [0.4, 0.5) is 9.18 Å². The first kappa shape index (κ1) is 14.8. The molecule has 1 aromatic carbocycles. The number of carboxylic acid groups (broad SMARTS) is 1. The smallest absolute Gasteiger partial charge is 0.408 e. The van der Waals surface area contributed by atoms with Crippen molar-refractivity contribution in [2.45, 2.75) is 44.4 Å². The monoisotopic (exact) mass is 281 g/mol. The highest BCUT2D eigenvalue weighted by Crippen LogP contribution is 2.41. The number of rotatable bonds is 3. The molecule has 1 aromatic rings. The number of benzene rings is 1. The molecule has 1 aliphatic rings. The molecular weight excluding hydrogens is 261 g/mol. The summed E-state index contributed by atoms with van der Waals surface area (Å²) in [5.41, 5.74) is 0.127. The Bertz CT molecular complexity index is 504. The molecule has 4 nitrogen and oxygen atoms in total. The van der Waals surface area contributed by atoms with Gasteiger partial charge in [-0.05, 0) is 44.4 Å². The number of halogens is 1. The van der Waals surface area contributed by atoms with Crippen molar-refractivity contribution in [3.8, 4) is 0 Å². The Hall–Kier alpha value is -1.62. The van der Waals surface area contributed by atoms with Crippen molar-refractivity contribution in [2.24, 2.45) is 0 Å². The van der Waals surface area contributed by atoms with Gasteiger partial charge in [-0.1, -0.05) is 12.1 Å². The summed E-state index contributed by atoms with van der Waals surface area (Å²) in [4.78, 5) is 13.0. The van der Waals surface area contributed by atoms with Crippen molar-refractivity contribution in [3.05, 3.63) is 35.6 Å². The summed E-state index contributed by atoms with van der Waals surface area (Å²) >= 11 is 0. The van der Waals surface area contributed by atoms with Crippen molar-refractivity contribution < 1.29 is 19.0 Å². The summed E-state index contributed by atoms with van der Waals surface area (Å²) in [6.45, 7) is 3.75. The number of amides is 1. The number of nitrogens with zero attached hydrogens (tertiary/aromatic N) is 1. The molecule has 2 rings (SSSR count). The molecule has 1 fully saturated rings. The number of hydrogen-bond acceptors (Lipinski definition) is 2. The molecule has 0 bridgehead atoms. The molecule has 0 saturated carbocycles. The number of hydrogen-bond donors (Lipinski definition) is 1. The van der Waals surface area contributed by atoms with Gasteiger partial charge >= 0.3 is 6.09 Å². The zero-order valence-corrected chi connectivity index (χ0v) is 12.0. The van der Waals surface area contributed by atoms with E-state index in [1.54, 1.807) is 19.2 Å². The van der Waals surface area contributed by atoms with Crippen LogP contribution in [0.1, 0.15) is 38.3 Å². The van der Waals surface area contributed by atoms with Crippen molar-refractivity contribution >= 4 is 6.09 Å². The van der Waals surface area contributed by atoms with E-state index in [4.69, 9.17) is 4.74 Å². The Labute approximate surface area is 118 Å². The van der Waals surface area contributed by atoms with E-state index in [9.17, 15) is 14.3 Å². The van der Waals surface area contributed by atoms with Crippen molar-refractivity contribution in [1.29, 1.82) is 0 Å². The van der Waals surface area contributed by atoms with Gasteiger partial charge in [-0.15, -0.1) is 0 Å². The van der Waals surface area contributed by atoms with Gasteiger partial charge in [-0.3, -0.25) is 4.90 Å². The third-order valence-electron chi connectivity index (χ3n) is 4.17. The average molecular weight is 281 g/mol. The maximum atomic E-state index is 13.4. The van der Waals surface area contributed by atoms with Crippen LogP contribution >= 0.6 is 0 Å². The van der Waals surface area contributed by atoms with Crippen LogP contribution in [0.3, 0.4) is 0 Å². The van der Waals surface area contributed by atoms with Crippen molar-refractivity contribution in [2.75, 3.05) is 7.11 Å². The highest BCUT2D eigenvalue weighted by molar-refractivity contribution is 5.67. The van der Waals surface area contributed by atoms with Crippen LogP contribution in [0.25, 0.3) is 0 Å². The van der Waals surface area contributed by atoms with E-state index in [0.29, 0.717) is 18.4 Å². The van der Waals surface area contributed by atoms with Gasteiger partial charge in [0.15, 0.2) is 0 Å². The lowest BCUT2D eigenvalue weighted by Crippen LogP contribution is -2.49. The summed E-state index contributed by atoms with van der Waals surface area (Å²) in [6, 6.07) is 5.59. The summed E-state index contributed by atoms with van der Waals surface area (Å²) in [5, 5.41) is 9.52. The second kappa shape index (κ2) is 5.40. The molecule has 0 spiro atoms. The van der Waals surface area contributed by atoms with E-state index in [2.05, 4.69) is 0 Å².